The molecule has 1 aromatic rings. The molecule has 3 rings (SSSR count). The molecule has 0 saturated heterocycles. The predicted molar refractivity (Wildman–Crippen MR) is 129 cm³/mol. The molecule has 33 heavy (non-hydrogen) atoms. The molecule has 0 amide bonds. The molecule has 0 spiro atoms. The van der Waals surface area contributed by atoms with E-state index in [0.717, 1.165) is 15.7 Å². The number of allylic oxidation sites excluding steroid dienone is 2. The van der Waals surface area contributed by atoms with Crippen LogP contribution in [0.4, 0.5) is 0 Å². The highest BCUT2D eigenvalue weighted by Crippen LogP contribution is 2.50. The Bertz CT molecular complexity index is 997. The van der Waals surface area contributed by atoms with E-state index in [1.54, 1.807) is 20.3 Å². The third kappa shape index (κ3) is 5.32. The van der Waals surface area contributed by atoms with Gasteiger partial charge in [-0.3, -0.25) is 14.6 Å². The molecular formula is C25H32BrNO6. The van der Waals surface area contributed by atoms with Gasteiger partial charge in [-0.1, -0.05) is 29.8 Å². The number of carbonyl (C=O) groups is 2. The van der Waals surface area contributed by atoms with Gasteiger partial charge in [-0.25, -0.2) is 0 Å². The lowest BCUT2D eigenvalue weighted by Crippen LogP contribution is -2.40. The van der Waals surface area contributed by atoms with Crippen molar-refractivity contribution < 1.29 is 28.5 Å². The minimum Gasteiger partial charge on any atom is -0.493 e. The van der Waals surface area contributed by atoms with Crippen molar-refractivity contribution in [3.63, 3.8) is 0 Å². The molecule has 7 nitrogen and oxygen atoms in total. The topological polar surface area (TPSA) is 83.4 Å². The van der Waals surface area contributed by atoms with Crippen molar-refractivity contribution in [3.8, 4) is 11.5 Å². The first-order valence-electron chi connectivity index (χ1n) is 11.1. The molecule has 2 aliphatic rings. The summed E-state index contributed by atoms with van der Waals surface area (Å²) in [5, 5.41) is 0. The second-order valence-corrected chi connectivity index (χ2v) is 9.96. The van der Waals surface area contributed by atoms with Crippen molar-refractivity contribution in [1.29, 1.82) is 0 Å². The van der Waals surface area contributed by atoms with Gasteiger partial charge in [-0.2, -0.15) is 0 Å². The zero-order valence-corrected chi connectivity index (χ0v) is 21.7. The van der Waals surface area contributed by atoms with Gasteiger partial charge in [0, 0.05) is 40.4 Å². The maximum absolute atomic E-state index is 13.4. The minimum absolute atomic E-state index is 0.0105. The molecule has 180 valence electrons. The van der Waals surface area contributed by atoms with Crippen LogP contribution in [0.5, 0.6) is 11.5 Å². The molecule has 0 fully saturated rings. The number of ether oxygens (including phenoxy) is 4. The van der Waals surface area contributed by atoms with Crippen molar-refractivity contribution in [3.05, 3.63) is 33.4 Å². The van der Waals surface area contributed by atoms with E-state index in [1.807, 2.05) is 19.9 Å². The number of hydrogen-bond acceptors (Lipinski definition) is 7. The van der Waals surface area contributed by atoms with Crippen LogP contribution < -0.4 is 9.47 Å². The highest BCUT2D eigenvalue weighted by Gasteiger charge is 2.46. The van der Waals surface area contributed by atoms with E-state index in [2.05, 4.69) is 29.8 Å². The average molecular weight is 522 g/mol. The second-order valence-electron chi connectivity index (χ2n) is 9.10. The highest BCUT2D eigenvalue weighted by molar-refractivity contribution is 9.10. The van der Waals surface area contributed by atoms with Crippen LogP contribution in [0.3, 0.4) is 0 Å². The maximum atomic E-state index is 13.4. The highest BCUT2D eigenvalue weighted by atomic mass is 79.9. The van der Waals surface area contributed by atoms with Gasteiger partial charge in [0.25, 0.3) is 0 Å². The Hall–Kier alpha value is -2.19. The molecule has 0 saturated carbocycles. The Morgan fingerprint density at radius 2 is 1.82 bits per heavy atom. The van der Waals surface area contributed by atoms with Crippen LogP contribution in [0.15, 0.2) is 32.9 Å². The number of rotatable bonds is 8. The van der Waals surface area contributed by atoms with E-state index in [1.165, 1.54) is 0 Å². The Kier molecular flexibility index (Phi) is 8.00. The summed E-state index contributed by atoms with van der Waals surface area (Å²) in [6.45, 7) is 8.84. The molecular weight excluding hydrogens is 490 g/mol. The van der Waals surface area contributed by atoms with Crippen LogP contribution in [0, 0.1) is 11.3 Å². The lowest BCUT2D eigenvalue weighted by molar-refractivity contribution is -0.148. The fourth-order valence-electron chi connectivity index (χ4n) is 4.63. The number of Topliss-reactive ketones (excluding diaryl/α,β-unsaturated/α-hetero) is 1. The number of carbonyl (C=O) groups excluding carboxylic acids is 2. The molecule has 1 aliphatic carbocycles. The first-order chi connectivity index (χ1) is 15.6. The zero-order valence-electron chi connectivity index (χ0n) is 20.1. The molecule has 1 aliphatic heterocycles. The van der Waals surface area contributed by atoms with Gasteiger partial charge in [0.05, 0.1) is 20.8 Å². The number of nitrogens with zero attached hydrogens (tertiary/aromatic N) is 1. The van der Waals surface area contributed by atoms with E-state index in [9.17, 15) is 9.59 Å². The normalized spacial score (nSPS) is 21.9. The average Bonchev–Trinajstić information content (AvgIpc) is 2.74. The van der Waals surface area contributed by atoms with E-state index in [4.69, 9.17) is 23.9 Å². The summed E-state index contributed by atoms with van der Waals surface area (Å²) in [7, 11) is 3.12. The first kappa shape index (κ1) is 25.4. The molecule has 0 aromatic heterocycles. The molecule has 1 unspecified atom stereocenters. The van der Waals surface area contributed by atoms with Gasteiger partial charge in [0.1, 0.15) is 12.5 Å². The summed E-state index contributed by atoms with van der Waals surface area (Å²) in [5.74, 6) is -0.622. The lowest BCUT2D eigenvalue weighted by atomic mass is 9.67. The molecule has 2 atom stereocenters. The monoisotopic (exact) mass is 521 g/mol. The second kappa shape index (κ2) is 10.4. The van der Waals surface area contributed by atoms with Crippen LogP contribution in [0.1, 0.15) is 52.0 Å². The summed E-state index contributed by atoms with van der Waals surface area (Å²) in [4.78, 5) is 31.5. The van der Waals surface area contributed by atoms with Crippen LogP contribution in [0.2, 0.25) is 0 Å². The van der Waals surface area contributed by atoms with Crippen LogP contribution in [-0.4, -0.2) is 51.5 Å². The van der Waals surface area contributed by atoms with Gasteiger partial charge in [0.15, 0.2) is 17.3 Å². The Balaban J connectivity index is 2.13. The summed E-state index contributed by atoms with van der Waals surface area (Å²) in [6.07, 6.45) is 1.06. The number of ketones is 1. The van der Waals surface area contributed by atoms with Crippen LogP contribution in [0.25, 0.3) is 0 Å². The Labute approximate surface area is 203 Å². The first-order valence-corrected chi connectivity index (χ1v) is 11.9. The smallest absolute Gasteiger partial charge is 0.315 e. The number of aliphatic imine (C=N–C) groups is 1. The van der Waals surface area contributed by atoms with Gasteiger partial charge < -0.3 is 18.9 Å². The molecule has 0 bridgehead atoms. The Morgan fingerprint density at radius 3 is 2.45 bits per heavy atom. The lowest BCUT2D eigenvalue weighted by Gasteiger charge is -2.39. The number of halogens is 1. The van der Waals surface area contributed by atoms with Crippen molar-refractivity contribution in [2.75, 3.05) is 34.0 Å². The van der Waals surface area contributed by atoms with E-state index >= 15 is 0 Å². The van der Waals surface area contributed by atoms with Crippen LogP contribution in [-0.2, 0) is 19.1 Å². The van der Waals surface area contributed by atoms with Gasteiger partial charge in [-0.15, -0.1) is 0 Å². The number of benzene rings is 1. The molecule has 0 radical (unpaired) electrons. The predicted octanol–water partition coefficient (Wildman–Crippen LogP) is 4.86. The summed E-state index contributed by atoms with van der Waals surface area (Å²) < 4.78 is 22.5. The Morgan fingerprint density at radius 1 is 1.15 bits per heavy atom. The zero-order chi connectivity index (χ0) is 24.3. The van der Waals surface area contributed by atoms with Crippen molar-refractivity contribution in [2.45, 2.75) is 46.5 Å². The molecule has 8 heteroatoms. The maximum Gasteiger partial charge on any atom is 0.315 e. The minimum atomic E-state index is -0.732. The fraction of sp³-hybridized carbons (Fsp3) is 0.560. The van der Waals surface area contributed by atoms with Crippen molar-refractivity contribution in [2.24, 2.45) is 16.3 Å². The number of esters is 1. The van der Waals surface area contributed by atoms with Gasteiger partial charge in [0.2, 0.25) is 0 Å². The SMILES string of the molecule is CCOCCOC(=O)C1C(C)=NC2=C(C(=O)CC(C)(C)C2)[C@@H]1c1cc(OC)c(OC)cc1Br. The van der Waals surface area contributed by atoms with E-state index in [-0.39, 0.29) is 17.8 Å². The number of methoxy groups -OCH3 is 2. The molecule has 1 heterocycles. The van der Waals surface area contributed by atoms with E-state index in [0.29, 0.717) is 48.8 Å². The number of hydrogen-bond donors (Lipinski definition) is 0. The van der Waals surface area contributed by atoms with Gasteiger partial charge in [-0.05, 0) is 43.4 Å². The molecule has 0 N–H and O–H groups in total. The van der Waals surface area contributed by atoms with Crippen LogP contribution >= 0.6 is 15.9 Å². The van der Waals surface area contributed by atoms with E-state index < -0.39 is 17.8 Å². The summed E-state index contributed by atoms with van der Waals surface area (Å²) in [6, 6.07) is 3.62. The summed E-state index contributed by atoms with van der Waals surface area (Å²) >= 11 is 3.63. The largest absolute Gasteiger partial charge is 0.493 e. The third-order valence-corrected chi connectivity index (χ3v) is 6.76. The third-order valence-electron chi connectivity index (χ3n) is 6.07. The summed E-state index contributed by atoms with van der Waals surface area (Å²) in [5.41, 5.74) is 2.53. The van der Waals surface area contributed by atoms with Crippen molar-refractivity contribution >= 4 is 33.4 Å². The molecule has 1 aromatic carbocycles. The standard InChI is InChI=1S/C25H32BrNO6/c1-7-32-8-9-33-24(29)21-14(2)27-17-12-25(3,4)13-18(28)23(17)22(21)15-10-19(30-5)20(31-6)11-16(15)26/h10-11,21-22H,7-9,12-13H2,1-6H3/t21?,22-/m1/s1. The quantitative estimate of drug-likeness (QED) is 0.358. The fourth-order valence-corrected chi connectivity index (χ4v) is 5.20. The van der Waals surface area contributed by atoms with Gasteiger partial charge >= 0.3 is 5.97 Å². The van der Waals surface area contributed by atoms with Crippen molar-refractivity contribution in [1.82, 2.24) is 0 Å².